The van der Waals surface area contributed by atoms with Gasteiger partial charge in [-0.2, -0.15) is 31.4 Å². The molecule has 0 radical (unpaired) electrons. The first-order valence-electron chi connectivity index (χ1n) is 9.99. The Morgan fingerprint density at radius 3 is 2.34 bits per heavy atom. The number of aromatic nitrogens is 3. The molecular weight excluding hydrogens is 568 g/mol. The van der Waals surface area contributed by atoms with Crippen LogP contribution in [0, 0.1) is 0 Å². The van der Waals surface area contributed by atoms with Gasteiger partial charge in [0.25, 0.3) is 0 Å². The smallest absolute Gasteiger partial charge is 0.404 e. The first kappa shape index (κ1) is 27.2. The molecule has 0 unspecified atom stereocenters. The van der Waals surface area contributed by atoms with Crippen molar-refractivity contribution in [3.8, 4) is 17.0 Å². The first-order chi connectivity index (χ1) is 17.5. The number of ether oxygens (including phenoxy) is 1. The van der Waals surface area contributed by atoms with Crippen LogP contribution in [0.4, 0.5) is 36.8 Å². The lowest BCUT2D eigenvalue weighted by molar-refractivity contribution is -0.142. The maximum Gasteiger partial charge on any atom is 0.433 e. The number of benzene rings is 2. The van der Waals surface area contributed by atoms with Gasteiger partial charge in [-0.3, -0.25) is 5.32 Å². The van der Waals surface area contributed by atoms with E-state index in [9.17, 15) is 39.6 Å². The van der Waals surface area contributed by atoms with E-state index in [1.165, 1.54) is 12.1 Å². The van der Waals surface area contributed by atoms with Gasteiger partial charge in [0.1, 0.15) is 0 Å². The van der Waals surface area contributed by atoms with Crippen molar-refractivity contribution in [3.05, 3.63) is 71.0 Å². The molecule has 1 amide bonds. The summed E-state index contributed by atoms with van der Waals surface area (Å²) in [4.78, 5) is 16.0. The van der Waals surface area contributed by atoms with Crippen molar-refractivity contribution < 1.29 is 44.3 Å². The van der Waals surface area contributed by atoms with Gasteiger partial charge in [-0.05, 0) is 36.4 Å². The second kappa shape index (κ2) is 9.45. The number of alkyl halides is 6. The second-order valence-electron chi connectivity index (χ2n) is 7.55. The Hall–Kier alpha value is -3.89. The Balaban J connectivity index is 1.73. The van der Waals surface area contributed by atoms with Crippen LogP contribution in [0.3, 0.4) is 0 Å². The number of nitrogens with one attached hydrogen (secondary N) is 1. The third-order valence-corrected chi connectivity index (χ3v) is 6.14. The molecule has 200 valence electrons. The number of carbonyl (C=O) groups excluding carboxylic acids is 1. The Morgan fingerprint density at radius 1 is 1.03 bits per heavy atom. The van der Waals surface area contributed by atoms with Crippen LogP contribution in [0.2, 0.25) is 5.02 Å². The largest absolute Gasteiger partial charge is 0.433 e. The molecule has 2 heterocycles. The van der Waals surface area contributed by atoms with E-state index < -0.39 is 61.8 Å². The lowest BCUT2D eigenvalue weighted by atomic mass is 10.1. The predicted octanol–water partition coefficient (Wildman–Crippen LogP) is 5.35. The van der Waals surface area contributed by atoms with Gasteiger partial charge in [0, 0.05) is 11.3 Å². The maximum atomic E-state index is 13.8. The number of sulfonamides is 1. The minimum atomic E-state index is -4.99. The molecule has 4 aromatic rings. The fourth-order valence-electron chi connectivity index (χ4n) is 3.26. The van der Waals surface area contributed by atoms with Gasteiger partial charge in [0.15, 0.2) is 17.1 Å². The van der Waals surface area contributed by atoms with Gasteiger partial charge in [-0.1, -0.05) is 23.7 Å². The van der Waals surface area contributed by atoms with Crippen molar-refractivity contribution in [2.75, 3.05) is 5.32 Å². The standard InChI is InChI=1S/C21H12ClF6N5O4S/c22-14-6-10(4-5-13(14)20(23,24)25)15-8-17(21(26,27)28)33-18(32-15)16(9-30-33)37-19(34)31-11-2-1-3-12(7-11)38(29,35)36/h1-9H,(H,31,34)(H2,29,35,36). The molecule has 38 heavy (non-hydrogen) atoms. The lowest BCUT2D eigenvalue weighted by Crippen LogP contribution is -2.18. The SMILES string of the molecule is NS(=O)(=O)c1cccc(NC(=O)Oc2cnn3c(C(F)(F)F)cc(-c4ccc(C(F)(F)F)c(Cl)c4)nc23)c1. The molecule has 3 N–H and O–H groups in total. The van der Waals surface area contributed by atoms with E-state index in [0.29, 0.717) is 16.6 Å². The van der Waals surface area contributed by atoms with Crippen LogP contribution in [0.15, 0.2) is 59.6 Å². The monoisotopic (exact) mass is 579 g/mol. The van der Waals surface area contributed by atoms with Gasteiger partial charge < -0.3 is 4.74 Å². The van der Waals surface area contributed by atoms with Crippen molar-refractivity contribution in [2.24, 2.45) is 5.14 Å². The van der Waals surface area contributed by atoms with Crippen LogP contribution < -0.4 is 15.2 Å². The van der Waals surface area contributed by atoms with E-state index in [1.54, 1.807) is 0 Å². The van der Waals surface area contributed by atoms with E-state index in [0.717, 1.165) is 30.5 Å². The van der Waals surface area contributed by atoms with E-state index in [4.69, 9.17) is 21.5 Å². The summed E-state index contributed by atoms with van der Waals surface area (Å²) in [5.41, 5.74) is -3.86. The number of nitrogens with zero attached hydrogens (tertiary/aromatic N) is 3. The fraction of sp³-hybridized carbons (Fsp3) is 0.0952. The molecule has 0 aliphatic heterocycles. The molecule has 0 spiro atoms. The highest BCUT2D eigenvalue weighted by molar-refractivity contribution is 7.89. The Labute approximate surface area is 213 Å². The summed E-state index contributed by atoms with van der Waals surface area (Å²) in [6.07, 6.45) is -10.3. The van der Waals surface area contributed by atoms with Crippen molar-refractivity contribution >= 4 is 39.1 Å². The molecular formula is C21H12ClF6N5O4S. The molecule has 0 aliphatic carbocycles. The topological polar surface area (TPSA) is 129 Å². The van der Waals surface area contributed by atoms with Gasteiger partial charge in [0.2, 0.25) is 10.0 Å². The molecule has 2 aromatic heterocycles. The predicted molar refractivity (Wildman–Crippen MR) is 121 cm³/mol. The highest BCUT2D eigenvalue weighted by Gasteiger charge is 2.37. The summed E-state index contributed by atoms with van der Waals surface area (Å²) >= 11 is 5.70. The summed E-state index contributed by atoms with van der Waals surface area (Å²) in [6, 6.07) is 7.55. The molecule has 0 saturated heterocycles. The zero-order valence-electron chi connectivity index (χ0n) is 18.3. The quantitative estimate of drug-likeness (QED) is 0.314. The van der Waals surface area contributed by atoms with Crippen molar-refractivity contribution in [2.45, 2.75) is 17.2 Å². The average Bonchev–Trinajstić information content (AvgIpc) is 3.18. The number of amides is 1. The molecule has 0 atom stereocenters. The Bertz CT molecular complexity index is 1670. The Morgan fingerprint density at radius 2 is 1.74 bits per heavy atom. The summed E-state index contributed by atoms with van der Waals surface area (Å²) < 4.78 is 109. The van der Waals surface area contributed by atoms with Crippen LogP contribution in [-0.4, -0.2) is 29.1 Å². The molecule has 4 rings (SSSR count). The van der Waals surface area contributed by atoms with Gasteiger partial charge in [-0.15, -0.1) is 0 Å². The van der Waals surface area contributed by atoms with Crippen LogP contribution in [0.25, 0.3) is 16.9 Å². The van der Waals surface area contributed by atoms with E-state index in [2.05, 4.69) is 15.4 Å². The average molecular weight is 580 g/mol. The summed E-state index contributed by atoms with van der Waals surface area (Å²) in [7, 11) is -4.10. The summed E-state index contributed by atoms with van der Waals surface area (Å²) in [6.45, 7) is 0. The van der Waals surface area contributed by atoms with E-state index in [1.807, 2.05) is 0 Å². The van der Waals surface area contributed by atoms with E-state index >= 15 is 0 Å². The van der Waals surface area contributed by atoms with Crippen LogP contribution in [0.1, 0.15) is 11.3 Å². The maximum absolute atomic E-state index is 13.8. The van der Waals surface area contributed by atoms with Crippen molar-refractivity contribution in [3.63, 3.8) is 0 Å². The normalized spacial score (nSPS) is 12.5. The third kappa shape index (κ3) is 5.66. The zero-order chi connectivity index (χ0) is 28.0. The molecule has 0 aliphatic rings. The Kier molecular flexibility index (Phi) is 6.75. The van der Waals surface area contributed by atoms with Gasteiger partial charge >= 0.3 is 18.4 Å². The summed E-state index contributed by atoms with van der Waals surface area (Å²) in [5, 5.41) is 10.00. The number of halogens is 7. The zero-order valence-corrected chi connectivity index (χ0v) is 19.9. The molecule has 2 aromatic carbocycles. The van der Waals surface area contributed by atoms with Crippen molar-refractivity contribution in [1.82, 2.24) is 14.6 Å². The van der Waals surface area contributed by atoms with Crippen LogP contribution in [-0.2, 0) is 22.4 Å². The van der Waals surface area contributed by atoms with Gasteiger partial charge in [0.05, 0.1) is 27.4 Å². The second-order valence-corrected chi connectivity index (χ2v) is 9.52. The minimum Gasteiger partial charge on any atom is -0.404 e. The number of primary sulfonamides is 1. The number of hydrogen-bond acceptors (Lipinski definition) is 6. The van der Waals surface area contributed by atoms with E-state index in [-0.39, 0.29) is 16.1 Å². The minimum absolute atomic E-state index is 0.0676. The first-order valence-corrected chi connectivity index (χ1v) is 11.9. The number of hydrogen-bond donors (Lipinski definition) is 2. The van der Waals surface area contributed by atoms with Crippen LogP contribution >= 0.6 is 11.6 Å². The highest BCUT2D eigenvalue weighted by atomic mass is 35.5. The van der Waals surface area contributed by atoms with Crippen molar-refractivity contribution in [1.29, 1.82) is 0 Å². The number of rotatable bonds is 4. The van der Waals surface area contributed by atoms with Gasteiger partial charge in [-0.25, -0.2) is 27.9 Å². The molecule has 0 fully saturated rings. The van der Waals surface area contributed by atoms with Crippen LogP contribution in [0.5, 0.6) is 5.75 Å². The summed E-state index contributed by atoms with van der Waals surface area (Å²) in [5.74, 6) is -0.546. The lowest BCUT2D eigenvalue weighted by Gasteiger charge is -2.13. The highest BCUT2D eigenvalue weighted by Crippen LogP contribution is 2.38. The number of nitrogens with two attached hydrogens (primary N) is 1. The molecule has 9 nitrogen and oxygen atoms in total. The number of carbonyl (C=O) groups is 1. The molecule has 0 bridgehead atoms. The fourth-order valence-corrected chi connectivity index (χ4v) is 4.11. The number of fused-ring (bicyclic) bond motifs is 1. The molecule has 17 heteroatoms. The third-order valence-electron chi connectivity index (χ3n) is 4.91. The number of anilines is 1. The molecule has 0 saturated carbocycles.